The molecule has 2 aromatic heterocycles. The van der Waals surface area contributed by atoms with Crippen LogP contribution in [0.3, 0.4) is 0 Å². The highest BCUT2D eigenvalue weighted by Crippen LogP contribution is 2.19. The predicted molar refractivity (Wildman–Crippen MR) is 103 cm³/mol. The molecule has 136 valence electrons. The highest BCUT2D eigenvalue weighted by Gasteiger charge is 2.16. The molecule has 0 atom stereocenters. The molecule has 0 spiro atoms. The minimum atomic E-state index is 0.469. The molecule has 0 aliphatic heterocycles. The lowest BCUT2D eigenvalue weighted by atomic mass is 10.2. The first-order valence-corrected chi connectivity index (χ1v) is 10.1. The summed E-state index contributed by atoms with van der Waals surface area (Å²) < 4.78 is 5.39. The van der Waals surface area contributed by atoms with E-state index >= 15 is 0 Å². The van der Waals surface area contributed by atoms with Crippen LogP contribution in [0.5, 0.6) is 0 Å². The Labute approximate surface area is 154 Å². The number of aliphatic imine (C=N–C) groups is 1. The third kappa shape index (κ3) is 5.59. The molecule has 1 aliphatic carbocycles. The van der Waals surface area contributed by atoms with Crippen LogP contribution >= 0.6 is 11.3 Å². The van der Waals surface area contributed by atoms with Crippen molar-refractivity contribution in [2.75, 3.05) is 6.54 Å². The molecule has 2 N–H and O–H groups in total. The Morgan fingerprint density at radius 2 is 2.24 bits per heavy atom. The molecule has 0 amide bonds. The average molecular weight is 361 g/mol. The predicted octanol–water partition coefficient (Wildman–Crippen LogP) is 4.08. The maximum absolute atomic E-state index is 5.39. The number of thiazole rings is 1. The molecule has 3 rings (SSSR count). The van der Waals surface area contributed by atoms with Crippen LogP contribution in [-0.4, -0.2) is 23.5 Å². The van der Waals surface area contributed by atoms with Crippen LogP contribution in [-0.2, 0) is 13.0 Å². The fourth-order valence-electron chi connectivity index (χ4n) is 2.98. The van der Waals surface area contributed by atoms with Crippen molar-refractivity contribution in [2.24, 2.45) is 4.99 Å². The number of hydrogen-bond donors (Lipinski definition) is 2. The zero-order valence-electron chi connectivity index (χ0n) is 15.1. The summed E-state index contributed by atoms with van der Waals surface area (Å²) in [6.07, 6.45) is 7.65. The Morgan fingerprint density at radius 1 is 1.40 bits per heavy atom. The molecule has 1 saturated carbocycles. The fraction of sp³-hybridized carbons (Fsp3) is 0.579. The molecule has 0 saturated heterocycles. The maximum Gasteiger partial charge on any atom is 0.191 e. The second kappa shape index (κ2) is 9.04. The van der Waals surface area contributed by atoms with Crippen molar-refractivity contribution >= 4 is 17.3 Å². The molecule has 5 nitrogen and oxygen atoms in total. The molecule has 0 radical (unpaired) electrons. The standard InChI is InChI=1S/C19H28N4OS/c1-14(2)17-13-25-18(23-17)12-21-19(22-15-6-3-4-7-15)20-10-9-16-8-5-11-24-16/h5,8,11,13-15H,3-4,6-7,9-10,12H2,1-2H3,(H2,20,21,22). The van der Waals surface area contributed by atoms with Crippen molar-refractivity contribution in [3.8, 4) is 0 Å². The van der Waals surface area contributed by atoms with Crippen LogP contribution < -0.4 is 10.6 Å². The van der Waals surface area contributed by atoms with E-state index in [4.69, 9.17) is 9.41 Å². The lowest BCUT2D eigenvalue weighted by Gasteiger charge is -2.17. The van der Waals surface area contributed by atoms with E-state index in [1.165, 1.54) is 25.7 Å². The average Bonchev–Trinajstić information content (AvgIpc) is 3.34. The molecule has 0 aromatic carbocycles. The van der Waals surface area contributed by atoms with Gasteiger partial charge in [0.05, 0.1) is 18.5 Å². The molecule has 2 heterocycles. The molecular weight excluding hydrogens is 332 g/mol. The van der Waals surface area contributed by atoms with Crippen LogP contribution in [0.1, 0.15) is 61.9 Å². The summed E-state index contributed by atoms with van der Waals surface area (Å²) in [7, 11) is 0. The molecule has 2 aromatic rings. The summed E-state index contributed by atoms with van der Waals surface area (Å²) in [6, 6.07) is 4.47. The first kappa shape index (κ1) is 18.0. The van der Waals surface area contributed by atoms with Crippen LogP contribution in [0.4, 0.5) is 0 Å². The molecule has 1 aliphatic rings. The van der Waals surface area contributed by atoms with Gasteiger partial charge in [0.25, 0.3) is 0 Å². The van der Waals surface area contributed by atoms with Gasteiger partial charge in [-0.2, -0.15) is 0 Å². The van der Waals surface area contributed by atoms with Gasteiger partial charge in [0.1, 0.15) is 10.8 Å². The topological polar surface area (TPSA) is 62.5 Å². The normalized spacial score (nSPS) is 15.9. The van der Waals surface area contributed by atoms with E-state index in [-0.39, 0.29) is 0 Å². The van der Waals surface area contributed by atoms with E-state index in [0.29, 0.717) is 18.5 Å². The lowest BCUT2D eigenvalue weighted by molar-refractivity contribution is 0.506. The molecule has 1 fully saturated rings. The van der Waals surface area contributed by atoms with Crippen molar-refractivity contribution < 1.29 is 4.42 Å². The first-order chi connectivity index (χ1) is 12.2. The van der Waals surface area contributed by atoms with Gasteiger partial charge in [-0.3, -0.25) is 0 Å². The SMILES string of the molecule is CC(C)c1csc(CN=C(NCCc2ccco2)NC2CCCC2)n1. The summed E-state index contributed by atoms with van der Waals surface area (Å²) in [5, 5.41) is 10.2. The fourth-order valence-corrected chi connectivity index (χ4v) is 3.86. The Kier molecular flexibility index (Phi) is 6.50. The highest BCUT2D eigenvalue weighted by molar-refractivity contribution is 7.09. The summed E-state index contributed by atoms with van der Waals surface area (Å²) in [5.74, 6) is 2.35. The Hall–Kier alpha value is -1.82. The third-order valence-electron chi connectivity index (χ3n) is 4.47. The van der Waals surface area contributed by atoms with Crippen molar-refractivity contribution in [3.63, 3.8) is 0 Å². The molecule has 0 unspecified atom stereocenters. The summed E-state index contributed by atoms with van der Waals surface area (Å²) in [4.78, 5) is 9.44. The Morgan fingerprint density at radius 3 is 2.92 bits per heavy atom. The maximum atomic E-state index is 5.39. The first-order valence-electron chi connectivity index (χ1n) is 9.22. The monoisotopic (exact) mass is 360 g/mol. The summed E-state index contributed by atoms with van der Waals surface area (Å²) in [5.41, 5.74) is 1.16. The highest BCUT2D eigenvalue weighted by atomic mass is 32.1. The third-order valence-corrected chi connectivity index (χ3v) is 5.33. The Bertz CT molecular complexity index is 657. The van der Waals surface area contributed by atoms with Gasteiger partial charge in [-0.1, -0.05) is 26.7 Å². The van der Waals surface area contributed by atoms with E-state index in [1.807, 2.05) is 12.1 Å². The van der Waals surface area contributed by atoms with Gasteiger partial charge in [0.15, 0.2) is 5.96 Å². The van der Waals surface area contributed by atoms with Gasteiger partial charge in [-0.25, -0.2) is 9.98 Å². The molecule has 0 bridgehead atoms. The van der Waals surface area contributed by atoms with Gasteiger partial charge < -0.3 is 15.1 Å². The van der Waals surface area contributed by atoms with Gasteiger partial charge in [0.2, 0.25) is 0 Å². The van der Waals surface area contributed by atoms with Gasteiger partial charge in [-0.05, 0) is 30.9 Å². The molecule has 6 heteroatoms. The zero-order chi connectivity index (χ0) is 17.5. The van der Waals surface area contributed by atoms with E-state index in [1.54, 1.807) is 17.6 Å². The Balaban J connectivity index is 1.57. The van der Waals surface area contributed by atoms with E-state index < -0.39 is 0 Å². The number of nitrogens with one attached hydrogen (secondary N) is 2. The van der Waals surface area contributed by atoms with Crippen molar-refractivity contribution in [2.45, 2.75) is 64.5 Å². The molecule has 25 heavy (non-hydrogen) atoms. The van der Waals surface area contributed by atoms with Crippen LogP contribution in [0.2, 0.25) is 0 Å². The second-order valence-corrected chi connectivity index (χ2v) is 7.81. The van der Waals surface area contributed by atoms with Crippen LogP contribution in [0, 0.1) is 0 Å². The largest absolute Gasteiger partial charge is 0.469 e. The quantitative estimate of drug-likeness (QED) is 0.577. The van der Waals surface area contributed by atoms with E-state index in [9.17, 15) is 0 Å². The summed E-state index contributed by atoms with van der Waals surface area (Å²) >= 11 is 1.70. The van der Waals surface area contributed by atoms with Crippen LogP contribution in [0.25, 0.3) is 0 Å². The number of furan rings is 1. The number of hydrogen-bond acceptors (Lipinski definition) is 4. The minimum absolute atomic E-state index is 0.469. The number of aromatic nitrogens is 1. The van der Waals surface area contributed by atoms with E-state index in [0.717, 1.165) is 35.4 Å². The van der Waals surface area contributed by atoms with Gasteiger partial charge >= 0.3 is 0 Å². The minimum Gasteiger partial charge on any atom is -0.469 e. The van der Waals surface area contributed by atoms with E-state index in [2.05, 4.69) is 34.8 Å². The van der Waals surface area contributed by atoms with Crippen molar-refractivity contribution in [1.82, 2.24) is 15.6 Å². The van der Waals surface area contributed by atoms with Crippen molar-refractivity contribution in [3.05, 3.63) is 40.2 Å². The number of nitrogens with zero attached hydrogens (tertiary/aromatic N) is 2. The van der Waals surface area contributed by atoms with Crippen LogP contribution in [0.15, 0.2) is 33.2 Å². The van der Waals surface area contributed by atoms with Gasteiger partial charge in [-0.15, -0.1) is 11.3 Å². The van der Waals surface area contributed by atoms with Gasteiger partial charge in [0, 0.05) is 24.4 Å². The molecular formula is C19H28N4OS. The van der Waals surface area contributed by atoms with Crippen molar-refractivity contribution in [1.29, 1.82) is 0 Å². The zero-order valence-corrected chi connectivity index (χ0v) is 15.9. The number of rotatable bonds is 7. The summed E-state index contributed by atoms with van der Waals surface area (Å²) in [6.45, 7) is 5.78. The smallest absolute Gasteiger partial charge is 0.191 e. The second-order valence-electron chi connectivity index (χ2n) is 6.87. The number of guanidine groups is 1. The lowest BCUT2D eigenvalue weighted by Crippen LogP contribution is -2.43.